The Morgan fingerprint density at radius 1 is 0.254 bits per heavy atom. The van der Waals surface area contributed by atoms with Crippen molar-refractivity contribution >= 4 is 55.5 Å². The summed E-state index contributed by atoms with van der Waals surface area (Å²) in [5.41, 5.74) is 15.2. The maximum Gasteiger partial charge on any atom is 0.0476 e. The van der Waals surface area contributed by atoms with Crippen LogP contribution in [0.25, 0.3) is 53.9 Å². The van der Waals surface area contributed by atoms with E-state index in [-0.39, 0.29) is 0 Å². The van der Waals surface area contributed by atoms with Crippen LogP contribution in [0.5, 0.6) is 0 Å². The predicted molar refractivity (Wildman–Crippen MR) is 253 cm³/mol. The third-order valence-electron chi connectivity index (χ3n) is 10.9. The third-order valence-corrected chi connectivity index (χ3v) is 12.1. The van der Waals surface area contributed by atoms with E-state index in [1.54, 1.807) is 0 Å². The molecule has 0 atom stereocenters. The molecule has 0 radical (unpaired) electrons. The average molecular weight is 773 g/mol. The molecule has 9 aromatic carbocycles. The fourth-order valence-electron chi connectivity index (χ4n) is 8.00. The van der Waals surface area contributed by atoms with Crippen LogP contribution in [-0.4, -0.2) is 0 Å². The molecule has 2 nitrogen and oxygen atoms in total. The molecule has 0 aliphatic carbocycles. The molecular formula is C56H40N2S. The molecule has 10 aromatic rings. The first-order valence-corrected chi connectivity index (χ1v) is 20.8. The summed E-state index contributed by atoms with van der Waals surface area (Å²) in [6.07, 6.45) is 0. The zero-order valence-electron chi connectivity index (χ0n) is 32.4. The Morgan fingerprint density at radius 3 is 1.02 bits per heavy atom. The van der Waals surface area contributed by atoms with Gasteiger partial charge in [0, 0.05) is 54.7 Å². The molecular weight excluding hydrogens is 733 g/mol. The number of thiophene rings is 1. The molecule has 10 rings (SSSR count). The van der Waals surface area contributed by atoms with Crippen molar-refractivity contribution in [1.29, 1.82) is 0 Å². The predicted octanol–water partition coefficient (Wildman–Crippen LogP) is 16.5. The molecule has 0 aliphatic heterocycles. The second-order valence-electron chi connectivity index (χ2n) is 14.6. The second kappa shape index (κ2) is 16.2. The molecule has 59 heavy (non-hydrogen) atoms. The van der Waals surface area contributed by atoms with Crippen molar-refractivity contribution in [1.82, 2.24) is 0 Å². The lowest BCUT2D eigenvalue weighted by molar-refractivity contribution is 1.28. The van der Waals surface area contributed by atoms with Crippen LogP contribution >= 0.6 is 11.3 Å². The smallest absolute Gasteiger partial charge is 0.0476 e. The molecule has 0 spiro atoms. The number of para-hydroxylation sites is 2. The Morgan fingerprint density at radius 2 is 0.576 bits per heavy atom. The average Bonchev–Trinajstić information content (AvgIpc) is 3.70. The number of fused-ring (bicyclic) bond motifs is 1. The number of nitrogens with zero attached hydrogens (tertiary/aromatic N) is 2. The van der Waals surface area contributed by atoms with Crippen molar-refractivity contribution in [2.45, 2.75) is 0 Å². The molecule has 0 bridgehead atoms. The zero-order chi connectivity index (χ0) is 39.4. The van der Waals surface area contributed by atoms with Crippen molar-refractivity contribution in [2.24, 2.45) is 0 Å². The summed E-state index contributed by atoms with van der Waals surface area (Å²) in [6, 6.07) is 87.0. The van der Waals surface area contributed by atoms with Gasteiger partial charge in [-0.3, -0.25) is 0 Å². The van der Waals surface area contributed by atoms with E-state index in [0.29, 0.717) is 0 Å². The van der Waals surface area contributed by atoms with Crippen LogP contribution in [0.3, 0.4) is 0 Å². The minimum atomic E-state index is 1.11. The Hall–Kier alpha value is -7.46. The molecule has 1 heterocycles. The minimum absolute atomic E-state index is 1.11. The van der Waals surface area contributed by atoms with Crippen LogP contribution in [0, 0.1) is 0 Å². The van der Waals surface area contributed by atoms with Gasteiger partial charge in [0.15, 0.2) is 0 Å². The van der Waals surface area contributed by atoms with Gasteiger partial charge in [0.05, 0.1) is 0 Å². The Kier molecular flexibility index (Phi) is 9.85. The van der Waals surface area contributed by atoms with Gasteiger partial charge in [-0.25, -0.2) is 0 Å². The van der Waals surface area contributed by atoms with Crippen molar-refractivity contribution in [2.75, 3.05) is 9.80 Å². The quantitative estimate of drug-likeness (QED) is 0.137. The first kappa shape index (κ1) is 35.9. The number of rotatable bonds is 10. The molecule has 0 amide bonds. The fourth-order valence-corrected chi connectivity index (χ4v) is 9.26. The maximum atomic E-state index is 2.38. The Labute approximate surface area is 350 Å². The lowest BCUT2D eigenvalue weighted by atomic mass is 9.98. The fraction of sp³-hybridized carbons (Fsp3) is 0. The highest BCUT2D eigenvalue weighted by atomic mass is 32.1. The van der Waals surface area contributed by atoms with Crippen LogP contribution < -0.4 is 9.80 Å². The molecule has 0 fully saturated rings. The highest BCUT2D eigenvalue weighted by Crippen LogP contribution is 2.48. The standard InChI is InChI=1S/C56H40N2S/c1-6-16-41(17-7-1)43-26-32-50(33-27-43)58(51-34-28-44(29-35-51)42-18-8-2-9-19-42)52-38-39-53-54(40-52)59-56(55(53)45-20-10-3-11-21-45)46-30-36-49(37-31-46)57(47-22-12-4-13-23-47)48-24-14-5-15-25-48/h1-40H. The van der Waals surface area contributed by atoms with Crippen LogP contribution in [0.1, 0.15) is 0 Å². The van der Waals surface area contributed by atoms with E-state index in [1.165, 1.54) is 53.9 Å². The normalized spacial score (nSPS) is 11.1. The van der Waals surface area contributed by atoms with E-state index in [2.05, 4.69) is 252 Å². The van der Waals surface area contributed by atoms with Gasteiger partial charge in [0.2, 0.25) is 0 Å². The van der Waals surface area contributed by atoms with E-state index in [4.69, 9.17) is 0 Å². The van der Waals surface area contributed by atoms with Crippen molar-refractivity contribution in [3.05, 3.63) is 243 Å². The number of anilines is 6. The number of hydrogen-bond donors (Lipinski definition) is 0. The van der Waals surface area contributed by atoms with E-state index in [1.807, 2.05) is 11.3 Å². The first-order chi connectivity index (χ1) is 29.3. The van der Waals surface area contributed by atoms with Crippen LogP contribution in [0.2, 0.25) is 0 Å². The summed E-state index contributed by atoms with van der Waals surface area (Å²) in [7, 11) is 0. The summed E-state index contributed by atoms with van der Waals surface area (Å²) in [6.45, 7) is 0. The molecule has 0 saturated heterocycles. The second-order valence-corrected chi connectivity index (χ2v) is 15.6. The highest BCUT2D eigenvalue weighted by Gasteiger charge is 2.20. The van der Waals surface area contributed by atoms with Crippen molar-refractivity contribution in [3.8, 4) is 43.8 Å². The molecule has 0 N–H and O–H groups in total. The SMILES string of the molecule is c1ccc(-c2ccc(N(c3ccc(-c4ccccc4)cc3)c3ccc4c(-c5ccccc5)c(-c5ccc(N(c6ccccc6)c6ccccc6)cc5)sc4c3)cc2)cc1. The molecule has 0 aliphatic rings. The molecule has 0 unspecified atom stereocenters. The van der Waals surface area contributed by atoms with Gasteiger partial charge in [-0.1, -0.05) is 170 Å². The lowest BCUT2D eigenvalue weighted by Gasteiger charge is -2.26. The summed E-state index contributed by atoms with van der Waals surface area (Å²) in [5, 5.41) is 1.25. The largest absolute Gasteiger partial charge is 0.311 e. The van der Waals surface area contributed by atoms with Gasteiger partial charge >= 0.3 is 0 Å². The topological polar surface area (TPSA) is 6.48 Å². The van der Waals surface area contributed by atoms with Crippen molar-refractivity contribution in [3.63, 3.8) is 0 Å². The van der Waals surface area contributed by atoms with E-state index >= 15 is 0 Å². The van der Waals surface area contributed by atoms with Crippen LogP contribution in [0.15, 0.2) is 243 Å². The highest BCUT2D eigenvalue weighted by molar-refractivity contribution is 7.23. The molecule has 1 aromatic heterocycles. The lowest BCUT2D eigenvalue weighted by Crippen LogP contribution is -2.09. The van der Waals surface area contributed by atoms with Crippen molar-refractivity contribution < 1.29 is 0 Å². The molecule has 3 heteroatoms. The Bertz CT molecular complexity index is 2810. The van der Waals surface area contributed by atoms with E-state index in [9.17, 15) is 0 Å². The van der Waals surface area contributed by atoms with Gasteiger partial charge in [0.1, 0.15) is 0 Å². The van der Waals surface area contributed by atoms with Gasteiger partial charge in [-0.15, -0.1) is 11.3 Å². The number of hydrogen-bond acceptors (Lipinski definition) is 3. The zero-order valence-corrected chi connectivity index (χ0v) is 33.2. The summed E-state index contributed by atoms with van der Waals surface area (Å²) < 4.78 is 1.24. The molecule has 0 saturated carbocycles. The first-order valence-electron chi connectivity index (χ1n) is 20.0. The monoisotopic (exact) mass is 772 g/mol. The van der Waals surface area contributed by atoms with Crippen LogP contribution in [-0.2, 0) is 0 Å². The Balaban J connectivity index is 1.08. The maximum absolute atomic E-state index is 2.38. The minimum Gasteiger partial charge on any atom is -0.311 e. The third kappa shape index (κ3) is 7.32. The van der Waals surface area contributed by atoms with Gasteiger partial charge in [-0.2, -0.15) is 0 Å². The summed E-state index contributed by atoms with van der Waals surface area (Å²) in [4.78, 5) is 5.94. The van der Waals surface area contributed by atoms with E-state index < -0.39 is 0 Å². The van der Waals surface area contributed by atoms with Gasteiger partial charge in [0.25, 0.3) is 0 Å². The van der Waals surface area contributed by atoms with E-state index in [0.717, 1.165) is 34.1 Å². The summed E-state index contributed by atoms with van der Waals surface area (Å²) in [5.74, 6) is 0. The molecule has 280 valence electrons. The van der Waals surface area contributed by atoms with Crippen LogP contribution in [0.4, 0.5) is 34.1 Å². The summed E-state index contributed by atoms with van der Waals surface area (Å²) >= 11 is 1.86. The number of benzene rings is 9. The van der Waals surface area contributed by atoms with Gasteiger partial charge < -0.3 is 9.80 Å². The van der Waals surface area contributed by atoms with Gasteiger partial charge in [-0.05, 0) is 106 Å².